The van der Waals surface area contributed by atoms with E-state index in [1.165, 1.54) is 24.3 Å². The summed E-state index contributed by atoms with van der Waals surface area (Å²) < 4.78 is 93.6. The smallest absolute Gasteiger partial charge is 0.434 e. The van der Waals surface area contributed by atoms with Crippen LogP contribution < -0.4 is 4.72 Å². The van der Waals surface area contributed by atoms with E-state index in [1.54, 1.807) is 0 Å². The van der Waals surface area contributed by atoms with Crippen LogP contribution in [0, 0.1) is 5.92 Å². The molecule has 2 rings (SSSR count). The first-order valence-corrected chi connectivity index (χ1v) is 10.0. The van der Waals surface area contributed by atoms with E-state index in [-0.39, 0.29) is 44.0 Å². The molecule has 1 heterocycles. The molecule has 0 radical (unpaired) electrons. The van der Waals surface area contributed by atoms with Crippen molar-refractivity contribution in [3.63, 3.8) is 0 Å². The average Bonchev–Trinajstić information content (AvgIpc) is 2.68. The minimum atomic E-state index is -5.77. The fourth-order valence-corrected chi connectivity index (χ4v) is 3.75. The van der Waals surface area contributed by atoms with Crippen molar-refractivity contribution in [2.45, 2.75) is 36.2 Å². The van der Waals surface area contributed by atoms with Gasteiger partial charge < -0.3 is 19.3 Å². The lowest BCUT2D eigenvalue weighted by atomic mass is 9.97. The normalized spacial score (nSPS) is 17.0. The third-order valence-electron chi connectivity index (χ3n) is 4.50. The zero-order valence-corrected chi connectivity index (χ0v) is 16.5. The summed E-state index contributed by atoms with van der Waals surface area (Å²) in [7, 11) is 0. The van der Waals surface area contributed by atoms with E-state index < -0.39 is 41.9 Å². The lowest BCUT2D eigenvalue weighted by Crippen LogP contribution is -2.49. The summed E-state index contributed by atoms with van der Waals surface area (Å²) in [5.41, 5.74) is 0.0262. The Morgan fingerprint density at radius 1 is 1.13 bits per heavy atom. The fraction of sp³-hybridized carbons (Fsp3) is 0.529. The first-order valence-electron chi connectivity index (χ1n) is 8.86. The van der Waals surface area contributed by atoms with Crippen molar-refractivity contribution >= 4 is 23.4 Å². The Morgan fingerprint density at radius 2 is 1.65 bits per heavy atom. The number of ether oxygens (including phenoxy) is 1. The molecule has 0 saturated carbocycles. The van der Waals surface area contributed by atoms with Gasteiger partial charge in [-0.05, 0) is 43.0 Å². The van der Waals surface area contributed by atoms with Gasteiger partial charge in [0.15, 0.2) is 4.90 Å². The van der Waals surface area contributed by atoms with Gasteiger partial charge in [-0.3, -0.25) is 0 Å². The Kier molecular flexibility index (Phi) is 8.05. The average molecular weight is 476 g/mol. The number of rotatable bonds is 6. The molecule has 0 aromatic heterocycles. The Labute approximate surface area is 175 Å². The van der Waals surface area contributed by atoms with E-state index in [0.29, 0.717) is 4.90 Å². The van der Waals surface area contributed by atoms with Crippen LogP contribution in [0.15, 0.2) is 29.2 Å². The molecule has 1 aromatic rings. The van der Waals surface area contributed by atoms with Crippen LogP contribution in [0.1, 0.15) is 23.2 Å². The van der Waals surface area contributed by atoms with E-state index >= 15 is 0 Å². The standard InChI is InChI=1S/C17H18F6N2O5S/c18-16(19,20)14(17(21,22)23)30-15(28)25-7-5-10(6-8-25)9-24-31(29)12-3-1-11(2-4-12)13(26)27/h1-4,10,14,24H,5-9H2,(H,26,27). The van der Waals surface area contributed by atoms with Crippen LogP contribution in [0.4, 0.5) is 31.1 Å². The van der Waals surface area contributed by atoms with Crippen molar-refractivity contribution in [2.75, 3.05) is 19.6 Å². The second-order valence-corrected chi connectivity index (χ2v) is 8.02. The number of likely N-dealkylation sites (tertiary alicyclic amines) is 1. The molecule has 0 aliphatic carbocycles. The van der Waals surface area contributed by atoms with Gasteiger partial charge in [0.2, 0.25) is 0 Å². The third-order valence-corrected chi connectivity index (χ3v) is 5.63. The van der Waals surface area contributed by atoms with E-state index in [1.807, 2.05) is 0 Å². The van der Waals surface area contributed by atoms with E-state index in [4.69, 9.17) is 5.11 Å². The van der Waals surface area contributed by atoms with Crippen LogP contribution in [0.2, 0.25) is 0 Å². The van der Waals surface area contributed by atoms with Crippen molar-refractivity contribution in [2.24, 2.45) is 5.92 Å². The topological polar surface area (TPSA) is 102 Å². The minimum absolute atomic E-state index is 0.0262. The number of nitrogens with zero attached hydrogens (tertiary/aromatic N) is 1. The Morgan fingerprint density at radius 3 is 2.10 bits per heavy atom. The van der Waals surface area contributed by atoms with Gasteiger partial charge in [-0.2, -0.15) is 26.3 Å². The van der Waals surface area contributed by atoms with Crippen LogP contribution in [-0.4, -0.2) is 64.7 Å². The van der Waals surface area contributed by atoms with Gasteiger partial charge >= 0.3 is 24.4 Å². The van der Waals surface area contributed by atoms with Gasteiger partial charge in [-0.1, -0.05) is 0 Å². The first-order chi connectivity index (χ1) is 14.3. The summed E-state index contributed by atoms with van der Waals surface area (Å²) in [5, 5.41) is 8.84. The molecule has 2 N–H and O–H groups in total. The second-order valence-electron chi connectivity index (χ2n) is 6.72. The van der Waals surface area contributed by atoms with Crippen molar-refractivity contribution in [3.8, 4) is 0 Å². The highest BCUT2D eigenvalue weighted by Gasteiger charge is 2.60. The maximum absolute atomic E-state index is 12.5. The molecule has 7 nitrogen and oxygen atoms in total. The number of hydrogen-bond acceptors (Lipinski definition) is 5. The largest absolute Gasteiger partial charge is 0.593 e. The van der Waals surface area contributed by atoms with Gasteiger partial charge in [0.1, 0.15) is 0 Å². The van der Waals surface area contributed by atoms with Gasteiger partial charge in [0, 0.05) is 19.6 Å². The minimum Gasteiger partial charge on any atom is -0.593 e. The second kappa shape index (κ2) is 9.96. The molecule has 31 heavy (non-hydrogen) atoms. The molecule has 1 aromatic carbocycles. The molecular formula is C17H18F6N2O5S. The van der Waals surface area contributed by atoms with Crippen LogP contribution >= 0.6 is 0 Å². The quantitative estimate of drug-likeness (QED) is 0.483. The number of aromatic carboxylic acids is 1. The maximum atomic E-state index is 12.5. The molecular weight excluding hydrogens is 458 g/mol. The monoisotopic (exact) mass is 476 g/mol. The zero-order valence-electron chi connectivity index (χ0n) is 15.7. The highest BCUT2D eigenvalue weighted by Crippen LogP contribution is 2.36. The molecule has 1 unspecified atom stereocenters. The first kappa shape index (κ1) is 25.1. The van der Waals surface area contributed by atoms with Gasteiger partial charge in [-0.25, -0.2) is 9.59 Å². The van der Waals surface area contributed by atoms with E-state index in [9.17, 15) is 40.5 Å². The number of benzene rings is 1. The summed E-state index contributed by atoms with van der Waals surface area (Å²) in [6.45, 7) is -0.0228. The Bertz CT molecular complexity index is 752. The van der Waals surface area contributed by atoms with Crippen LogP contribution in [0.25, 0.3) is 0 Å². The van der Waals surface area contributed by atoms with Crippen LogP contribution in [0.3, 0.4) is 0 Å². The lowest BCUT2D eigenvalue weighted by Gasteiger charge is -2.33. The summed E-state index contributed by atoms with van der Waals surface area (Å²) in [4.78, 5) is 23.6. The number of carboxylic acids is 1. The highest BCUT2D eigenvalue weighted by atomic mass is 32.2. The number of nitrogens with one attached hydrogen (secondary N) is 1. The van der Waals surface area contributed by atoms with Crippen LogP contribution in [-0.2, 0) is 16.1 Å². The Hall–Kier alpha value is -2.19. The predicted octanol–water partition coefficient (Wildman–Crippen LogP) is 3.34. The number of hydrogen-bond donors (Lipinski definition) is 2. The fourth-order valence-electron chi connectivity index (χ4n) is 2.81. The van der Waals surface area contributed by atoms with Crippen molar-refractivity contribution in [3.05, 3.63) is 29.8 Å². The lowest BCUT2D eigenvalue weighted by molar-refractivity contribution is -0.308. The molecule has 0 spiro atoms. The highest BCUT2D eigenvalue weighted by molar-refractivity contribution is 7.89. The molecule has 0 bridgehead atoms. The molecule has 1 aliphatic heterocycles. The number of piperidine rings is 1. The zero-order chi connectivity index (χ0) is 23.4. The molecule has 1 fully saturated rings. The Balaban J connectivity index is 1.81. The molecule has 1 saturated heterocycles. The molecule has 14 heteroatoms. The number of alkyl halides is 6. The number of amides is 1. The van der Waals surface area contributed by atoms with Crippen molar-refractivity contribution in [1.82, 2.24) is 9.62 Å². The molecule has 1 amide bonds. The third kappa shape index (κ3) is 7.18. The number of carboxylic acid groups (broad SMARTS) is 1. The summed E-state index contributed by atoms with van der Waals surface area (Å²) in [6, 6.07) is 5.33. The molecule has 174 valence electrons. The maximum Gasteiger partial charge on any atom is 0.434 e. The number of halogens is 6. The number of carbonyl (C=O) groups excluding carboxylic acids is 1. The number of carbonyl (C=O) groups is 2. The van der Waals surface area contributed by atoms with Crippen LogP contribution in [0.5, 0.6) is 0 Å². The van der Waals surface area contributed by atoms with Crippen molar-refractivity contribution in [1.29, 1.82) is 0 Å². The van der Waals surface area contributed by atoms with E-state index in [0.717, 1.165) is 4.90 Å². The van der Waals surface area contributed by atoms with E-state index in [2.05, 4.69) is 9.46 Å². The SMILES string of the molecule is O=C(O)c1ccc([S+]([O-])NCC2CCN(C(=O)OC(C(F)(F)F)C(F)(F)F)CC2)cc1. The van der Waals surface area contributed by atoms with Gasteiger partial charge in [0.05, 0.1) is 16.9 Å². The van der Waals surface area contributed by atoms with Gasteiger partial charge in [-0.15, -0.1) is 4.72 Å². The van der Waals surface area contributed by atoms with Crippen molar-refractivity contribution < 1.29 is 50.3 Å². The molecule has 1 atom stereocenters. The summed E-state index contributed by atoms with van der Waals surface area (Å²) in [6.07, 6.45) is -16.9. The molecule has 1 aliphatic rings. The predicted molar refractivity (Wildman–Crippen MR) is 94.5 cm³/mol. The summed E-state index contributed by atoms with van der Waals surface area (Å²) in [5.74, 6) is -1.26. The summed E-state index contributed by atoms with van der Waals surface area (Å²) >= 11 is -1.65. The van der Waals surface area contributed by atoms with Gasteiger partial charge in [0.25, 0.3) is 6.10 Å².